The van der Waals surface area contributed by atoms with Gasteiger partial charge in [-0.15, -0.1) is 0 Å². The third-order valence-corrected chi connectivity index (χ3v) is 3.78. The van der Waals surface area contributed by atoms with Gasteiger partial charge in [-0.05, 0) is 36.6 Å². The van der Waals surface area contributed by atoms with Crippen LogP contribution in [0.1, 0.15) is 11.1 Å². The summed E-state index contributed by atoms with van der Waals surface area (Å²) in [4.78, 5) is 0. The first-order chi connectivity index (χ1) is 8.10. The van der Waals surface area contributed by atoms with E-state index < -0.39 is 0 Å². The molecule has 2 N–H and O–H groups in total. The van der Waals surface area contributed by atoms with Crippen LogP contribution in [0.5, 0.6) is 5.75 Å². The highest BCUT2D eigenvalue weighted by Crippen LogP contribution is 2.35. The molecule has 2 rings (SSSR count). The molecule has 0 bridgehead atoms. The number of nitrogens with two attached hydrogens (primary N) is 1. The monoisotopic (exact) mass is 255 g/mol. The Balaban J connectivity index is 2.28. The molecule has 1 fully saturated rings. The van der Waals surface area contributed by atoms with Gasteiger partial charge in [0, 0.05) is 17.0 Å². The Bertz CT molecular complexity index is 411. The topological polar surface area (TPSA) is 44.5 Å². The molecule has 3 nitrogen and oxygen atoms in total. The van der Waals surface area contributed by atoms with Gasteiger partial charge in [0.05, 0.1) is 20.3 Å². The molecule has 0 radical (unpaired) electrons. The van der Waals surface area contributed by atoms with Crippen molar-refractivity contribution in [3.05, 3.63) is 28.3 Å². The van der Waals surface area contributed by atoms with E-state index in [0.29, 0.717) is 6.54 Å². The van der Waals surface area contributed by atoms with E-state index in [4.69, 9.17) is 26.8 Å². The van der Waals surface area contributed by atoms with Gasteiger partial charge < -0.3 is 15.2 Å². The zero-order valence-corrected chi connectivity index (χ0v) is 11.0. The lowest BCUT2D eigenvalue weighted by Gasteiger charge is -2.41. The largest absolute Gasteiger partial charge is 0.496 e. The Morgan fingerprint density at radius 2 is 2.18 bits per heavy atom. The Labute approximate surface area is 107 Å². The number of aryl methyl sites for hydroxylation is 1. The van der Waals surface area contributed by atoms with E-state index in [0.717, 1.165) is 41.5 Å². The van der Waals surface area contributed by atoms with Gasteiger partial charge in [0.1, 0.15) is 5.75 Å². The summed E-state index contributed by atoms with van der Waals surface area (Å²) in [6.45, 7) is 4.04. The molecule has 1 aliphatic rings. The third-order valence-electron chi connectivity index (χ3n) is 3.38. The van der Waals surface area contributed by atoms with Crippen molar-refractivity contribution in [3.63, 3.8) is 0 Å². The summed E-state index contributed by atoms with van der Waals surface area (Å²) in [5, 5.41) is 0.771. The standard InChI is InChI=1S/C13H18ClNO2/c1-9-3-12(16-2)10(4-11(9)14)5-13(6-15)7-17-8-13/h3-4H,5-8,15H2,1-2H3. The van der Waals surface area contributed by atoms with Gasteiger partial charge in [-0.25, -0.2) is 0 Å². The van der Waals surface area contributed by atoms with Gasteiger partial charge in [0.15, 0.2) is 0 Å². The Morgan fingerprint density at radius 3 is 2.65 bits per heavy atom. The van der Waals surface area contributed by atoms with Crippen molar-refractivity contribution in [2.75, 3.05) is 26.9 Å². The summed E-state index contributed by atoms with van der Waals surface area (Å²) >= 11 is 6.16. The molecule has 0 spiro atoms. The van der Waals surface area contributed by atoms with Crippen molar-refractivity contribution in [1.29, 1.82) is 0 Å². The predicted molar refractivity (Wildman–Crippen MR) is 68.8 cm³/mol. The molecule has 1 saturated heterocycles. The third kappa shape index (κ3) is 2.41. The van der Waals surface area contributed by atoms with Gasteiger partial charge in [0.25, 0.3) is 0 Å². The minimum atomic E-state index is 0.0614. The molecule has 0 aliphatic carbocycles. The highest BCUT2D eigenvalue weighted by Gasteiger charge is 2.38. The number of halogens is 1. The van der Waals surface area contributed by atoms with Crippen LogP contribution in [0.4, 0.5) is 0 Å². The van der Waals surface area contributed by atoms with Gasteiger partial charge in [-0.3, -0.25) is 0 Å². The van der Waals surface area contributed by atoms with E-state index in [9.17, 15) is 0 Å². The lowest BCUT2D eigenvalue weighted by atomic mass is 9.79. The minimum absolute atomic E-state index is 0.0614. The first-order valence-electron chi connectivity index (χ1n) is 5.71. The van der Waals surface area contributed by atoms with Gasteiger partial charge in [0.2, 0.25) is 0 Å². The maximum atomic E-state index is 6.16. The quantitative estimate of drug-likeness (QED) is 0.897. The van der Waals surface area contributed by atoms with Gasteiger partial charge in [-0.1, -0.05) is 11.6 Å². The fourth-order valence-electron chi connectivity index (χ4n) is 2.11. The molecule has 4 heteroatoms. The molecule has 94 valence electrons. The zero-order chi connectivity index (χ0) is 12.5. The summed E-state index contributed by atoms with van der Waals surface area (Å²) < 4.78 is 10.7. The molecule has 1 aromatic carbocycles. The van der Waals surface area contributed by atoms with Crippen molar-refractivity contribution in [2.45, 2.75) is 13.3 Å². The van der Waals surface area contributed by atoms with Crippen molar-refractivity contribution in [3.8, 4) is 5.75 Å². The molecule has 1 aliphatic heterocycles. The highest BCUT2D eigenvalue weighted by atomic mass is 35.5. The number of methoxy groups -OCH3 is 1. The van der Waals surface area contributed by atoms with Gasteiger partial charge >= 0.3 is 0 Å². The fraction of sp³-hybridized carbons (Fsp3) is 0.538. The number of hydrogen-bond donors (Lipinski definition) is 1. The number of benzene rings is 1. The predicted octanol–water partition coefficient (Wildman–Crippen LogP) is 2.17. The van der Waals surface area contributed by atoms with Crippen LogP contribution in [0.2, 0.25) is 5.02 Å². The van der Waals surface area contributed by atoms with Crippen LogP contribution in [-0.4, -0.2) is 26.9 Å². The van der Waals surface area contributed by atoms with E-state index in [2.05, 4.69) is 0 Å². The maximum absolute atomic E-state index is 6.16. The molecule has 17 heavy (non-hydrogen) atoms. The summed E-state index contributed by atoms with van der Waals surface area (Å²) in [5.74, 6) is 0.881. The second-order valence-electron chi connectivity index (χ2n) is 4.79. The molecule has 0 amide bonds. The Hall–Kier alpha value is -0.770. The lowest BCUT2D eigenvalue weighted by molar-refractivity contribution is -0.106. The number of ether oxygens (including phenoxy) is 2. The molecule has 0 atom stereocenters. The normalized spacial score (nSPS) is 17.6. The van der Waals surface area contributed by atoms with Crippen LogP contribution >= 0.6 is 11.6 Å². The van der Waals surface area contributed by atoms with Crippen molar-refractivity contribution < 1.29 is 9.47 Å². The summed E-state index contributed by atoms with van der Waals surface area (Å²) in [5.41, 5.74) is 8.02. The average molecular weight is 256 g/mol. The van der Waals surface area contributed by atoms with Crippen molar-refractivity contribution >= 4 is 11.6 Å². The lowest BCUT2D eigenvalue weighted by Crippen LogP contribution is -2.49. The second kappa shape index (κ2) is 4.84. The molecular weight excluding hydrogens is 238 g/mol. The number of rotatable bonds is 4. The second-order valence-corrected chi connectivity index (χ2v) is 5.19. The number of hydrogen-bond acceptors (Lipinski definition) is 3. The first kappa shape index (κ1) is 12.7. The van der Waals surface area contributed by atoms with E-state index in [1.807, 2.05) is 19.1 Å². The molecule has 1 aromatic rings. The van der Waals surface area contributed by atoms with Crippen LogP contribution in [0.15, 0.2) is 12.1 Å². The SMILES string of the molecule is COc1cc(C)c(Cl)cc1CC1(CN)COC1. The molecule has 0 unspecified atom stereocenters. The maximum Gasteiger partial charge on any atom is 0.122 e. The molecular formula is C13H18ClNO2. The van der Waals surface area contributed by atoms with Crippen molar-refractivity contribution in [1.82, 2.24) is 0 Å². The molecule has 0 aromatic heterocycles. The van der Waals surface area contributed by atoms with Crippen LogP contribution in [0.25, 0.3) is 0 Å². The van der Waals surface area contributed by atoms with Crippen LogP contribution in [0.3, 0.4) is 0 Å². The highest BCUT2D eigenvalue weighted by molar-refractivity contribution is 6.31. The van der Waals surface area contributed by atoms with Crippen LogP contribution in [-0.2, 0) is 11.2 Å². The first-order valence-corrected chi connectivity index (χ1v) is 6.09. The average Bonchev–Trinajstić information content (AvgIpc) is 2.27. The summed E-state index contributed by atoms with van der Waals surface area (Å²) in [7, 11) is 1.68. The van der Waals surface area contributed by atoms with Crippen LogP contribution < -0.4 is 10.5 Å². The van der Waals surface area contributed by atoms with E-state index >= 15 is 0 Å². The van der Waals surface area contributed by atoms with Crippen LogP contribution in [0, 0.1) is 12.3 Å². The minimum Gasteiger partial charge on any atom is -0.496 e. The molecule has 0 saturated carbocycles. The van der Waals surface area contributed by atoms with E-state index in [-0.39, 0.29) is 5.41 Å². The van der Waals surface area contributed by atoms with Crippen molar-refractivity contribution in [2.24, 2.45) is 11.1 Å². The van der Waals surface area contributed by atoms with E-state index in [1.165, 1.54) is 0 Å². The van der Waals surface area contributed by atoms with Gasteiger partial charge in [-0.2, -0.15) is 0 Å². The smallest absolute Gasteiger partial charge is 0.122 e. The summed E-state index contributed by atoms with van der Waals surface area (Å²) in [6.07, 6.45) is 0.854. The zero-order valence-electron chi connectivity index (χ0n) is 10.3. The Morgan fingerprint density at radius 1 is 1.47 bits per heavy atom. The van der Waals surface area contributed by atoms with E-state index in [1.54, 1.807) is 7.11 Å². The summed E-state index contributed by atoms with van der Waals surface area (Å²) in [6, 6.07) is 3.95. The molecule has 1 heterocycles. The Kier molecular flexibility index (Phi) is 3.61. The fourth-order valence-corrected chi connectivity index (χ4v) is 2.30.